The first-order valence-corrected chi connectivity index (χ1v) is 7.91. The molecule has 1 N–H and O–H groups in total. The van der Waals surface area contributed by atoms with Crippen molar-refractivity contribution in [2.75, 3.05) is 39.4 Å². The van der Waals surface area contributed by atoms with E-state index >= 15 is 0 Å². The van der Waals surface area contributed by atoms with Crippen molar-refractivity contribution >= 4 is 0 Å². The van der Waals surface area contributed by atoms with Crippen LogP contribution in [0.5, 0.6) is 0 Å². The number of rotatable bonds is 8. The molecule has 1 aliphatic heterocycles. The summed E-state index contributed by atoms with van der Waals surface area (Å²) in [5.41, 5.74) is 1.42. The van der Waals surface area contributed by atoms with Crippen molar-refractivity contribution in [3.63, 3.8) is 0 Å². The Kier molecular flexibility index (Phi) is 6.35. The third-order valence-electron chi connectivity index (χ3n) is 4.08. The minimum Gasteiger partial charge on any atom is -0.380 e. The molecule has 0 amide bonds. The number of allylic oxidation sites excluding steroid dienone is 1. The second-order valence-corrected chi connectivity index (χ2v) is 6.33. The summed E-state index contributed by atoms with van der Waals surface area (Å²) in [6, 6.07) is 0.701. The van der Waals surface area contributed by atoms with Gasteiger partial charge in [0.2, 0.25) is 0 Å². The minimum absolute atomic E-state index is 0.701. The molecule has 2 aliphatic rings. The molecule has 0 aromatic heterocycles. The summed E-state index contributed by atoms with van der Waals surface area (Å²) in [6.45, 7) is 10.8. The number of hydrogen-bond acceptors (Lipinski definition) is 3. The Labute approximate surface area is 118 Å². The van der Waals surface area contributed by atoms with Gasteiger partial charge in [-0.1, -0.05) is 11.6 Å². The number of piperidine rings is 1. The van der Waals surface area contributed by atoms with E-state index in [9.17, 15) is 0 Å². The minimum atomic E-state index is 0.701. The molecule has 3 nitrogen and oxygen atoms in total. The predicted octanol–water partition coefficient (Wildman–Crippen LogP) is 2.43. The summed E-state index contributed by atoms with van der Waals surface area (Å²) < 4.78 is 5.65. The molecular weight excluding hydrogens is 236 g/mol. The summed E-state index contributed by atoms with van der Waals surface area (Å²) in [6.07, 6.45) is 7.66. The van der Waals surface area contributed by atoms with Crippen LogP contribution in [0.15, 0.2) is 11.6 Å². The van der Waals surface area contributed by atoms with Gasteiger partial charge >= 0.3 is 0 Å². The Bertz CT molecular complexity index is 274. The molecule has 0 unspecified atom stereocenters. The van der Waals surface area contributed by atoms with E-state index in [1.165, 1.54) is 44.3 Å². The molecule has 0 aromatic carbocycles. The van der Waals surface area contributed by atoms with E-state index in [1.807, 2.05) is 0 Å². The van der Waals surface area contributed by atoms with Crippen molar-refractivity contribution in [3.05, 3.63) is 11.6 Å². The van der Waals surface area contributed by atoms with Crippen molar-refractivity contribution < 1.29 is 4.74 Å². The molecule has 2 rings (SSSR count). The predicted molar refractivity (Wildman–Crippen MR) is 80.4 cm³/mol. The molecule has 0 aromatic rings. The van der Waals surface area contributed by atoms with E-state index < -0.39 is 0 Å². The molecule has 0 spiro atoms. The highest BCUT2D eigenvalue weighted by Gasteiger charge is 2.21. The lowest BCUT2D eigenvalue weighted by atomic mass is 10.1. The molecule has 3 heteroatoms. The van der Waals surface area contributed by atoms with Crippen molar-refractivity contribution in [1.82, 2.24) is 10.2 Å². The number of hydrogen-bond donors (Lipinski definition) is 1. The van der Waals surface area contributed by atoms with E-state index in [-0.39, 0.29) is 0 Å². The zero-order valence-electron chi connectivity index (χ0n) is 12.7. The van der Waals surface area contributed by atoms with Crippen molar-refractivity contribution in [2.24, 2.45) is 5.92 Å². The van der Waals surface area contributed by atoms with Gasteiger partial charge in [-0.25, -0.2) is 0 Å². The maximum atomic E-state index is 5.65. The fourth-order valence-electron chi connectivity index (χ4n) is 2.50. The smallest absolute Gasteiger partial charge is 0.0591 e. The van der Waals surface area contributed by atoms with Gasteiger partial charge in [-0.3, -0.25) is 4.90 Å². The van der Waals surface area contributed by atoms with Crippen molar-refractivity contribution in [3.8, 4) is 0 Å². The van der Waals surface area contributed by atoms with Crippen molar-refractivity contribution in [1.29, 1.82) is 0 Å². The van der Waals surface area contributed by atoms with Gasteiger partial charge in [0, 0.05) is 25.7 Å². The Morgan fingerprint density at radius 1 is 1.21 bits per heavy atom. The van der Waals surface area contributed by atoms with Gasteiger partial charge in [0.05, 0.1) is 6.61 Å². The average Bonchev–Trinajstić information content (AvgIpc) is 3.21. The molecular formula is C16H30N2O. The van der Waals surface area contributed by atoms with E-state index in [0.717, 1.165) is 32.2 Å². The van der Waals surface area contributed by atoms with Crippen LogP contribution in [0.25, 0.3) is 0 Å². The molecule has 0 bridgehead atoms. The first kappa shape index (κ1) is 15.0. The van der Waals surface area contributed by atoms with E-state index in [1.54, 1.807) is 0 Å². The SMILES string of the molecule is CC(C)=CCN1CCC(NCCOCC2CC2)CC1. The van der Waals surface area contributed by atoms with Gasteiger partial charge < -0.3 is 10.1 Å². The first-order chi connectivity index (χ1) is 9.24. The molecule has 1 saturated carbocycles. The summed E-state index contributed by atoms with van der Waals surface area (Å²) in [7, 11) is 0. The monoisotopic (exact) mass is 266 g/mol. The second kappa shape index (κ2) is 8.03. The van der Waals surface area contributed by atoms with Crippen LogP contribution in [-0.2, 0) is 4.74 Å². The van der Waals surface area contributed by atoms with Crippen LogP contribution in [-0.4, -0.2) is 50.3 Å². The van der Waals surface area contributed by atoms with Crippen LogP contribution in [0.4, 0.5) is 0 Å². The fraction of sp³-hybridized carbons (Fsp3) is 0.875. The Morgan fingerprint density at radius 3 is 2.58 bits per heavy atom. The zero-order valence-corrected chi connectivity index (χ0v) is 12.7. The second-order valence-electron chi connectivity index (χ2n) is 6.33. The lowest BCUT2D eigenvalue weighted by Gasteiger charge is -2.31. The number of nitrogens with one attached hydrogen (secondary N) is 1. The standard InChI is InChI=1S/C16H30N2O/c1-14(2)5-9-18-10-6-16(7-11-18)17-8-12-19-13-15-3-4-15/h5,15-17H,3-4,6-13H2,1-2H3. The maximum absolute atomic E-state index is 5.65. The maximum Gasteiger partial charge on any atom is 0.0591 e. The highest BCUT2D eigenvalue weighted by molar-refractivity contribution is 4.95. The first-order valence-electron chi connectivity index (χ1n) is 7.91. The number of likely N-dealkylation sites (tertiary alicyclic amines) is 1. The molecule has 1 aliphatic carbocycles. The zero-order chi connectivity index (χ0) is 13.5. The average molecular weight is 266 g/mol. The number of ether oxygens (including phenoxy) is 1. The Hall–Kier alpha value is -0.380. The fourth-order valence-corrected chi connectivity index (χ4v) is 2.50. The summed E-state index contributed by atoms with van der Waals surface area (Å²) in [4.78, 5) is 2.55. The topological polar surface area (TPSA) is 24.5 Å². The van der Waals surface area contributed by atoms with Crippen LogP contribution in [0, 0.1) is 5.92 Å². The van der Waals surface area contributed by atoms with Gasteiger partial charge in [0.1, 0.15) is 0 Å². The molecule has 19 heavy (non-hydrogen) atoms. The molecule has 0 atom stereocenters. The van der Waals surface area contributed by atoms with Crippen LogP contribution < -0.4 is 5.32 Å². The highest BCUT2D eigenvalue weighted by Crippen LogP contribution is 2.28. The van der Waals surface area contributed by atoms with Crippen LogP contribution in [0.2, 0.25) is 0 Å². The quantitative estimate of drug-likeness (QED) is 0.539. The van der Waals surface area contributed by atoms with Crippen LogP contribution in [0.3, 0.4) is 0 Å². The molecule has 110 valence electrons. The van der Waals surface area contributed by atoms with E-state index in [4.69, 9.17) is 4.74 Å². The Morgan fingerprint density at radius 2 is 1.95 bits per heavy atom. The molecule has 1 heterocycles. The van der Waals surface area contributed by atoms with Gasteiger partial charge in [0.15, 0.2) is 0 Å². The molecule has 0 radical (unpaired) electrons. The Balaban J connectivity index is 1.47. The number of nitrogens with zero attached hydrogens (tertiary/aromatic N) is 1. The van der Waals surface area contributed by atoms with Crippen LogP contribution in [0.1, 0.15) is 39.5 Å². The van der Waals surface area contributed by atoms with Gasteiger partial charge in [0.25, 0.3) is 0 Å². The lowest BCUT2D eigenvalue weighted by molar-refractivity contribution is 0.120. The lowest BCUT2D eigenvalue weighted by Crippen LogP contribution is -2.43. The van der Waals surface area contributed by atoms with Gasteiger partial charge in [-0.2, -0.15) is 0 Å². The van der Waals surface area contributed by atoms with E-state index in [2.05, 4.69) is 30.1 Å². The third kappa shape index (κ3) is 6.55. The largest absolute Gasteiger partial charge is 0.380 e. The van der Waals surface area contributed by atoms with Gasteiger partial charge in [-0.15, -0.1) is 0 Å². The summed E-state index contributed by atoms with van der Waals surface area (Å²) >= 11 is 0. The van der Waals surface area contributed by atoms with Crippen LogP contribution >= 0.6 is 0 Å². The van der Waals surface area contributed by atoms with Gasteiger partial charge in [-0.05, 0) is 58.5 Å². The summed E-state index contributed by atoms with van der Waals surface area (Å²) in [5, 5.41) is 3.63. The van der Waals surface area contributed by atoms with E-state index in [0.29, 0.717) is 6.04 Å². The van der Waals surface area contributed by atoms with Crippen molar-refractivity contribution in [2.45, 2.75) is 45.6 Å². The molecule has 2 fully saturated rings. The summed E-state index contributed by atoms with van der Waals surface area (Å²) in [5.74, 6) is 0.887. The molecule has 1 saturated heterocycles. The third-order valence-corrected chi connectivity index (χ3v) is 4.08. The normalized spacial score (nSPS) is 21.6. The highest BCUT2D eigenvalue weighted by atomic mass is 16.5.